The molecule has 0 aliphatic carbocycles. The number of hydrogen-bond acceptors (Lipinski definition) is 2. The van der Waals surface area contributed by atoms with Crippen molar-refractivity contribution in [3.8, 4) is 0 Å². The molecule has 0 saturated carbocycles. The van der Waals surface area contributed by atoms with Crippen LogP contribution in [0.25, 0.3) is 0 Å². The van der Waals surface area contributed by atoms with Gasteiger partial charge in [0.1, 0.15) is 6.23 Å². The van der Waals surface area contributed by atoms with E-state index in [9.17, 15) is 0 Å². The van der Waals surface area contributed by atoms with Crippen molar-refractivity contribution in [2.75, 3.05) is 6.54 Å². The van der Waals surface area contributed by atoms with E-state index in [1.807, 2.05) is 0 Å². The van der Waals surface area contributed by atoms with E-state index < -0.39 is 0 Å². The van der Waals surface area contributed by atoms with Gasteiger partial charge >= 0.3 is 0 Å². The minimum Gasteiger partial charge on any atom is -0.353 e. The van der Waals surface area contributed by atoms with Gasteiger partial charge in [-0.1, -0.05) is 84.5 Å². The second-order valence-electron chi connectivity index (χ2n) is 6.37. The second kappa shape index (κ2) is 12.6. The minimum absolute atomic E-state index is 0.389. The number of unbranched alkanes of at least 4 members (excludes halogenated alkanes) is 10. The van der Waals surface area contributed by atoms with Gasteiger partial charge in [-0.2, -0.15) is 0 Å². The highest BCUT2D eigenvalue weighted by molar-refractivity contribution is 4.82. The fraction of sp³-hybridized carbons (Fsp3) is 1.00. The SMILES string of the molecule is CCCCCCCCCCCCC1OC1NCCCC. The zero-order valence-corrected chi connectivity index (χ0v) is 14.0. The molecular formula is C18H37NO. The summed E-state index contributed by atoms with van der Waals surface area (Å²) in [5, 5.41) is 3.47. The van der Waals surface area contributed by atoms with Crippen LogP contribution in [-0.2, 0) is 4.74 Å². The first-order chi connectivity index (χ1) is 9.88. The Balaban J connectivity index is 1.71. The zero-order chi connectivity index (χ0) is 14.5. The van der Waals surface area contributed by atoms with Crippen LogP contribution >= 0.6 is 0 Å². The molecule has 0 bridgehead atoms. The van der Waals surface area contributed by atoms with Crippen molar-refractivity contribution in [3.05, 3.63) is 0 Å². The van der Waals surface area contributed by atoms with Gasteiger partial charge in [0.2, 0.25) is 0 Å². The summed E-state index contributed by atoms with van der Waals surface area (Å²) in [6, 6.07) is 0. The average molecular weight is 284 g/mol. The Bertz CT molecular complexity index is 208. The lowest BCUT2D eigenvalue weighted by molar-refractivity contribution is 0.336. The molecule has 1 heterocycles. The summed E-state index contributed by atoms with van der Waals surface area (Å²) in [6.07, 6.45) is 18.9. The van der Waals surface area contributed by atoms with Crippen LogP contribution < -0.4 is 5.32 Å². The number of rotatable bonds is 15. The van der Waals surface area contributed by atoms with Crippen LogP contribution in [-0.4, -0.2) is 18.9 Å². The highest BCUT2D eigenvalue weighted by Gasteiger charge is 2.37. The first-order valence-electron chi connectivity index (χ1n) is 9.27. The fourth-order valence-electron chi connectivity index (χ4n) is 2.80. The highest BCUT2D eigenvalue weighted by Crippen LogP contribution is 2.25. The van der Waals surface area contributed by atoms with E-state index >= 15 is 0 Å². The van der Waals surface area contributed by atoms with Gasteiger partial charge in [-0.3, -0.25) is 5.32 Å². The Morgan fingerprint density at radius 3 is 1.85 bits per heavy atom. The molecule has 0 aromatic heterocycles. The fourth-order valence-corrected chi connectivity index (χ4v) is 2.80. The molecule has 2 nitrogen and oxygen atoms in total. The van der Waals surface area contributed by atoms with Gasteiger partial charge < -0.3 is 4.74 Å². The Labute approximate surface area is 127 Å². The monoisotopic (exact) mass is 283 g/mol. The Morgan fingerprint density at radius 2 is 1.25 bits per heavy atom. The second-order valence-corrected chi connectivity index (χ2v) is 6.37. The minimum atomic E-state index is 0.389. The molecule has 1 rings (SSSR count). The molecule has 2 unspecified atom stereocenters. The molecule has 0 radical (unpaired) electrons. The predicted molar refractivity (Wildman–Crippen MR) is 88.0 cm³/mol. The van der Waals surface area contributed by atoms with E-state index in [0.29, 0.717) is 12.3 Å². The third kappa shape index (κ3) is 9.77. The molecule has 1 aliphatic rings. The van der Waals surface area contributed by atoms with Gasteiger partial charge in [0.05, 0.1) is 6.10 Å². The van der Waals surface area contributed by atoms with Crippen LogP contribution in [0, 0.1) is 0 Å². The summed E-state index contributed by atoms with van der Waals surface area (Å²) >= 11 is 0. The molecule has 1 fully saturated rings. The average Bonchev–Trinajstić information content (AvgIpc) is 3.20. The van der Waals surface area contributed by atoms with E-state index in [1.54, 1.807) is 0 Å². The highest BCUT2D eigenvalue weighted by atomic mass is 16.6. The summed E-state index contributed by atoms with van der Waals surface area (Å²) in [5.74, 6) is 0. The molecular weight excluding hydrogens is 246 g/mol. The van der Waals surface area contributed by atoms with Gasteiger partial charge in [0.25, 0.3) is 0 Å². The largest absolute Gasteiger partial charge is 0.353 e. The maximum absolute atomic E-state index is 5.64. The van der Waals surface area contributed by atoms with Crippen molar-refractivity contribution in [2.45, 2.75) is 110 Å². The van der Waals surface area contributed by atoms with Gasteiger partial charge in [-0.05, 0) is 19.4 Å². The van der Waals surface area contributed by atoms with Gasteiger partial charge in [0.15, 0.2) is 0 Å². The van der Waals surface area contributed by atoms with Crippen LogP contribution in [0.1, 0.15) is 97.3 Å². The van der Waals surface area contributed by atoms with Crippen LogP contribution in [0.5, 0.6) is 0 Å². The van der Waals surface area contributed by atoms with Gasteiger partial charge in [0, 0.05) is 0 Å². The molecule has 1 N–H and O–H groups in total. The van der Waals surface area contributed by atoms with Crippen molar-refractivity contribution < 1.29 is 4.74 Å². The number of hydrogen-bond donors (Lipinski definition) is 1. The standard InChI is InChI=1S/C18H37NO/c1-3-5-7-8-9-10-11-12-13-14-15-17-18(20-17)19-16-6-4-2/h17-19H,3-16H2,1-2H3. The maximum Gasteiger partial charge on any atom is 0.135 e. The number of ether oxygens (including phenoxy) is 1. The lowest BCUT2D eigenvalue weighted by Crippen LogP contribution is -2.20. The molecule has 0 amide bonds. The quantitative estimate of drug-likeness (QED) is 0.321. The lowest BCUT2D eigenvalue weighted by Gasteiger charge is -2.02. The predicted octanol–water partition coefficient (Wildman–Crippen LogP) is 5.41. The number of epoxide rings is 1. The van der Waals surface area contributed by atoms with Crippen molar-refractivity contribution in [1.29, 1.82) is 0 Å². The zero-order valence-electron chi connectivity index (χ0n) is 14.0. The summed E-state index contributed by atoms with van der Waals surface area (Å²) < 4.78 is 5.64. The smallest absolute Gasteiger partial charge is 0.135 e. The third-order valence-electron chi connectivity index (χ3n) is 4.30. The van der Waals surface area contributed by atoms with Crippen molar-refractivity contribution in [1.82, 2.24) is 5.32 Å². The molecule has 0 aromatic rings. The topological polar surface area (TPSA) is 24.6 Å². The molecule has 0 aromatic carbocycles. The normalized spacial score (nSPS) is 21.3. The van der Waals surface area contributed by atoms with Crippen molar-refractivity contribution in [2.24, 2.45) is 0 Å². The van der Waals surface area contributed by atoms with E-state index in [1.165, 1.54) is 83.5 Å². The lowest BCUT2D eigenvalue weighted by atomic mass is 10.1. The third-order valence-corrected chi connectivity index (χ3v) is 4.30. The van der Waals surface area contributed by atoms with Crippen LogP contribution in [0.4, 0.5) is 0 Å². The molecule has 0 spiro atoms. The summed E-state index contributed by atoms with van der Waals surface area (Å²) in [7, 11) is 0. The molecule has 120 valence electrons. The van der Waals surface area contributed by atoms with Gasteiger partial charge in [-0.25, -0.2) is 0 Å². The summed E-state index contributed by atoms with van der Waals surface area (Å²) in [5.41, 5.74) is 0. The Morgan fingerprint density at radius 1 is 0.700 bits per heavy atom. The van der Waals surface area contributed by atoms with Crippen LogP contribution in [0.15, 0.2) is 0 Å². The van der Waals surface area contributed by atoms with Crippen molar-refractivity contribution in [3.63, 3.8) is 0 Å². The Hall–Kier alpha value is -0.0800. The van der Waals surface area contributed by atoms with E-state index in [2.05, 4.69) is 19.2 Å². The number of nitrogens with one attached hydrogen (secondary N) is 1. The van der Waals surface area contributed by atoms with Crippen LogP contribution in [0.3, 0.4) is 0 Å². The van der Waals surface area contributed by atoms with Gasteiger partial charge in [-0.15, -0.1) is 0 Å². The van der Waals surface area contributed by atoms with Crippen molar-refractivity contribution >= 4 is 0 Å². The van der Waals surface area contributed by atoms with E-state index in [-0.39, 0.29) is 0 Å². The maximum atomic E-state index is 5.64. The summed E-state index contributed by atoms with van der Waals surface area (Å²) in [4.78, 5) is 0. The van der Waals surface area contributed by atoms with Crippen LogP contribution in [0.2, 0.25) is 0 Å². The molecule has 2 heteroatoms. The molecule has 1 aliphatic heterocycles. The molecule has 20 heavy (non-hydrogen) atoms. The summed E-state index contributed by atoms with van der Waals surface area (Å²) in [6.45, 7) is 5.64. The first-order valence-corrected chi connectivity index (χ1v) is 9.27. The molecule has 1 saturated heterocycles. The van der Waals surface area contributed by atoms with E-state index in [0.717, 1.165) is 6.54 Å². The Kier molecular flexibility index (Phi) is 11.4. The van der Waals surface area contributed by atoms with E-state index in [4.69, 9.17) is 4.74 Å². The first kappa shape index (κ1) is 18.0. The molecule has 2 atom stereocenters.